The molecule has 2 nitrogen and oxygen atoms in total. The number of fused-ring (bicyclic) bond motifs is 1. The van der Waals surface area contributed by atoms with E-state index in [2.05, 4.69) is 11.1 Å². The fourth-order valence-corrected chi connectivity index (χ4v) is 1.28. The van der Waals surface area contributed by atoms with Crippen molar-refractivity contribution in [3.8, 4) is 0 Å². The van der Waals surface area contributed by atoms with Crippen LogP contribution in [-0.2, 0) is 11.3 Å². The minimum absolute atomic E-state index is 0.763. The van der Waals surface area contributed by atoms with Crippen LogP contribution in [0.5, 0.6) is 0 Å². The molecule has 11 heavy (non-hydrogen) atoms. The number of ether oxygens (including phenoxy) is 1. The number of aliphatic imine (C=N–C) groups is 1. The van der Waals surface area contributed by atoms with Crippen molar-refractivity contribution in [1.29, 1.82) is 0 Å². The van der Waals surface area contributed by atoms with Crippen molar-refractivity contribution in [2.24, 2.45) is 4.99 Å². The van der Waals surface area contributed by atoms with Gasteiger partial charge >= 0.3 is 0 Å². The van der Waals surface area contributed by atoms with Crippen LogP contribution < -0.4 is 0 Å². The third kappa shape index (κ3) is 0.909. The van der Waals surface area contributed by atoms with Crippen LogP contribution in [0.3, 0.4) is 0 Å². The van der Waals surface area contributed by atoms with Gasteiger partial charge in [-0.2, -0.15) is 0 Å². The van der Waals surface area contributed by atoms with Crippen molar-refractivity contribution in [3.63, 3.8) is 0 Å². The van der Waals surface area contributed by atoms with E-state index in [1.807, 2.05) is 18.2 Å². The summed E-state index contributed by atoms with van der Waals surface area (Å²) in [6, 6.07) is 8.13. The molecule has 0 fully saturated rings. The first-order chi connectivity index (χ1) is 5.42. The van der Waals surface area contributed by atoms with E-state index in [0.29, 0.717) is 0 Å². The van der Waals surface area contributed by atoms with Gasteiger partial charge < -0.3 is 4.74 Å². The third-order valence-electron chi connectivity index (χ3n) is 1.83. The first-order valence-corrected chi connectivity index (χ1v) is 3.58. The lowest BCUT2D eigenvalue weighted by molar-refractivity contribution is 0.405. The molecule has 0 amide bonds. The third-order valence-corrected chi connectivity index (χ3v) is 1.83. The molecular weight excluding hydrogens is 138 g/mol. The Morgan fingerprint density at radius 2 is 2.18 bits per heavy atom. The van der Waals surface area contributed by atoms with Gasteiger partial charge in [-0.1, -0.05) is 18.2 Å². The van der Waals surface area contributed by atoms with E-state index in [1.165, 1.54) is 5.56 Å². The molecule has 0 aromatic heterocycles. The van der Waals surface area contributed by atoms with Crippen molar-refractivity contribution in [3.05, 3.63) is 35.4 Å². The molecule has 0 saturated carbocycles. The average molecular weight is 147 g/mol. The Hall–Kier alpha value is -1.31. The molecule has 0 spiro atoms. The minimum Gasteiger partial charge on any atom is -0.481 e. The standard InChI is InChI=1S/C9H9NO/c1-11-9-8-5-3-2-4-7(8)6-10-9/h2-5H,6H2,1H3. The zero-order valence-corrected chi connectivity index (χ0v) is 6.37. The van der Waals surface area contributed by atoms with Crippen LogP contribution in [0.25, 0.3) is 0 Å². The summed E-state index contributed by atoms with van der Waals surface area (Å²) in [7, 11) is 1.65. The molecule has 0 N–H and O–H groups in total. The number of benzene rings is 1. The summed E-state index contributed by atoms with van der Waals surface area (Å²) in [5.41, 5.74) is 2.39. The number of rotatable bonds is 0. The summed E-state index contributed by atoms with van der Waals surface area (Å²) in [6.45, 7) is 0.763. The molecule has 2 heteroatoms. The summed E-state index contributed by atoms with van der Waals surface area (Å²) in [5.74, 6) is 0.764. The Morgan fingerprint density at radius 3 is 3.00 bits per heavy atom. The van der Waals surface area contributed by atoms with E-state index >= 15 is 0 Å². The first-order valence-electron chi connectivity index (χ1n) is 3.58. The van der Waals surface area contributed by atoms with Crippen molar-refractivity contribution in [2.75, 3.05) is 7.11 Å². The van der Waals surface area contributed by atoms with Crippen LogP contribution >= 0.6 is 0 Å². The molecule has 0 aliphatic carbocycles. The molecule has 1 aromatic carbocycles. The normalized spacial score (nSPS) is 14.1. The van der Waals surface area contributed by atoms with Crippen LogP contribution in [0.2, 0.25) is 0 Å². The molecule has 1 aliphatic rings. The van der Waals surface area contributed by atoms with Gasteiger partial charge in [-0.25, -0.2) is 4.99 Å². The van der Waals surface area contributed by atoms with E-state index in [9.17, 15) is 0 Å². The number of nitrogens with zero attached hydrogens (tertiary/aromatic N) is 1. The van der Waals surface area contributed by atoms with Crippen LogP contribution in [0.1, 0.15) is 11.1 Å². The maximum Gasteiger partial charge on any atom is 0.216 e. The predicted octanol–water partition coefficient (Wildman–Crippen LogP) is 1.59. The molecule has 0 bridgehead atoms. The number of hydrogen-bond donors (Lipinski definition) is 0. The van der Waals surface area contributed by atoms with E-state index < -0.39 is 0 Å². The first kappa shape index (κ1) is 6.40. The SMILES string of the molecule is COC1=NCc2ccccc21. The van der Waals surface area contributed by atoms with Crippen LogP contribution in [0.15, 0.2) is 29.3 Å². The van der Waals surface area contributed by atoms with Gasteiger partial charge in [0.15, 0.2) is 0 Å². The molecule has 0 unspecified atom stereocenters. The van der Waals surface area contributed by atoms with E-state index in [1.54, 1.807) is 7.11 Å². The topological polar surface area (TPSA) is 21.6 Å². The summed E-state index contributed by atoms with van der Waals surface area (Å²) >= 11 is 0. The quantitative estimate of drug-likeness (QED) is 0.546. The second-order valence-corrected chi connectivity index (χ2v) is 2.48. The molecule has 0 radical (unpaired) electrons. The Bertz CT molecular complexity index is 304. The van der Waals surface area contributed by atoms with Crippen molar-refractivity contribution in [1.82, 2.24) is 0 Å². The Balaban J connectivity index is 2.48. The maximum atomic E-state index is 5.09. The molecule has 1 aromatic rings. The summed E-state index contributed by atoms with van der Waals surface area (Å²) < 4.78 is 5.09. The fourth-order valence-electron chi connectivity index (χ4n) is 1.28. The summed E-state index contributed by atoms with van der Waals surface area (Å²) in [5, 5.41) is 0. The van der Waals surface area contributed by atoms with E-state index in [-0.39, 0.29) is 0 Å². The van der Waals surface area contributed by atoms with Gasteiger partial charge in [-0.15, -0.1) is 0 Å². The Morgan fingerprint density at radius 1 is 1.36 bits per heavy atom. The van der Waals surface area contributed by atoms with Crippen LogP contribution in [-0.4, -0.2) is 13.0 Å². The highest BCUT2D eigenvalue weighted by molar-refractivity contribution is 5.97. The lowest BCUT2D eigenvalue weighted by Gasteiger charge is -1.99. The Labute approximate surface area is 65.5 Å². The van der Waals surface area contributed by atoms with Gasteiger partial charge in [0.2, 0.25) is 5.90 Å². The number of methoxy groups -OCH3 is 1. The summed E-state index contributed by atoms with van der Waals surface area (Å²) in [4.78, 5) is 4.22. The minimum atomic E-state index is 0.763. The molecule has 0 atom stereocenters. The van der Waals surface area contributed by atoms with E-state index in [4.69, 9.17) is 4.74 Å². The zero-order chi connectivity index (χ0) is 7.68. The van der Waals surface area contributed by atoms with Crippen molar-refractivity contribution < 1.29 is 4.74 Å². The monoisotopic (exact) mass is 147 g/mol. The van der Waals surface area contributed by atoms with E-state index in [0.717, 1.165) is 18.0 Å². The Kier molecular flexibility index (Phi) is 1.39. The predicted molar refractivity (Wildman–Crippen MR) is 43.7 cm³/mol. The molecule has 0 saturated heterocycles. The van der Waals surface area contributed by atoms with Gasteiger partial charge in [0.25, 0.3) is 0 Å². The van der Waals surface area contributed by atoms with Gasteiger partial charge in [-0.3, -0.25) is 0 Å². The zero-order valence-electron chi connectivity index (χ0n) is 6.37. The highest BCUT2D eigenvalue weighted by Gasteiger charge is 2.14. The van der Waals surface area contributed by atoms with Crippen molar-refractivity contribution in [2.45, 2.75) is 6.54 Å². The lowest BCUT2D eigenvalue weighted by Crippen LogP contribution is -1.99. The molecule has 1 aliphatic heterocycles. The average Bonchev–Trinajstić information content (AvgIpc) is 2.47. The molecule has 56 valence electrons. The molecule has 2 rings (SSSR count). The second kappa shape index (κ2) is 2.38. The lowest BCUT2D eigenvalue weighted by atomic mass is 10.1. The molecule has 1 heterocycles. The van der Waals surface area contributed by atoms with Gasteiger partial charge in [0.05, 0.1) is 13.7 Å². The van der Waals surface area contributed by atoms with Gasteiger partial charge in [0.1, 0.15) is 0 Å². The smallest absolute Gasteiger partial charge is 0.216 e. The fraction of sp³-hybridized carbons (Fsp3) is 0.222. The van der Waals surface area contributed by atoms with Gasteiger partial charge in [0, 0.05) is 5.56 Å². The number of hydrogen-bond acceptors (Lipinski definition) is 2. The maximum absolute atomic E-state index is 5.09. The highest BCUT2D eigenvalue weighted by atomic mass is 16.5. The summed E-state index contributed by atoms with van der Waals surface area (Å²) in [6.07, 6.45) is 0. The molecular formula is C9H9NO. The van der Waals surface area contributed by atoms with Crippen molar-refractivity contribution >= 4 is 5.90 Å². The largest absolute Gasteiger partial charge is 0.481 e. The highest BCUT2D eigenvalue weighted by Crippen LogP contribution is 2.17. The van der Waals surface area contributed by atoms with Gasteiger partial charge in [-0.05, 0) is 11.6 Å². The van der Waals surface area contributed by atoms with Crippen LogP contribution in [0, 0.1) is 0 Å². The second-order valence-electron chi connectivity index (χ2n) is 2.48. The van der Waals surface area contributed by atoms with Crippen LogP contribution in [0.4, 0.5) is 0 Å².